The minimum Gasteiger partial charge on any atom is -0.361 e. The molecule has 1 aromatic heterocycles. The summed E-state index contributed by atoms with van der Waals surface area (Å²) in [7, 11) is 0. The van der Waals surface area contributed by atoms with Gasteiger partial charge in [-0.2, -0.15) is 0 Å². The highest BCUT2D eigenvalue weighted by Crippen LogP contribution is 2.28. The molecule has 0 atom stereocenters. The molecule has 1 aliphatic heterocycles. The molecule has 0 aromatic carbocycles. The first-order valence-electron chi connectivity index (χ1n) is 8.60. The maximum absolute atomic E-state index is 12.4. The van der Waals surface area contributed by atoms with Crippen LogP contribution in [0.5, 0.6) is 0 Å². The molecule has 1 amide bonds. The summed E-state index contributed by atoms with van der Waals surface area (Å²) in [6.07, 6.45) is 4.46. The molecule has 0 radical (unpaired) electrons. The quantitative estimate of drug-likeness (QED) is 0.858. The molecule has 1 aliphatic carbocycles. The van der Waals surface area contributed by atoms with E-state index in [1.54, 1.807) is 0 Å². The van der Waals surface area contributed by atoms with Crippen LogP contribution < -0.4 is 0 Å². The van der Waals surface area contributed by atoms with Gasteiger partial charge in [0.2, 0.25) is 5.91 Å². The van der Waals surface area contributed by atoms with E-state index >= 15 is 0 Å². The van der Waals surface area contributed by atoms with Gasteiger partial charge < -0.3 is 9.42 Å². The number of carbonyl (C=O) groups is 1. The van der Waals surface area contributed by atoms with Gasteiger partial charge in [0.15, 0.2) is 0 Å². The Hall–Kier alpha value is -1.36. The molecule has 0 bridgehead atoms. The number of nitrogens with zero attached hydrogens (tertiary/aromatic N) is 3. The summed E-state index contributed by atoms with van der Waals surface area (Å²) in [5, 5.41) is 4.17. The van der Waals surface area contributed by atoms with Crippen molar-refractivity contribution >= 4 is 5.91 Å². The normalized spacial score (nSPS) is 21.0. The second-order valence-corrected chi connectivity index (χ2v) is 6.96. The third-order valence-electron chi connectivity index (χ3n) is 4.89. The predicted octanol–water partition coefficient (Wildman–Crippen LogP) is 2.63. The van der Waals surface area contributed by atoms with Gasteiger partial charge in [0.05, 0.1) is 5.69 Å². The molecular weight excluding hydrogens is 278 g/mol. The van der Waals surface area contributed by atoms with Crippen molar-refractivity contribution in [2.24, 2.45) is 5.92 Å². The van der Waals surface area contributed by atoms with Crippen LogP contribution in [0.1, 0.15) is 56.9 Å². The first-order valence-corrected chi connectivity index (χ1v) is 8.60. The zero-order valence-electron chi connectivity index (χ0n) is 13.8. The number of hydrogen-bond donors (Lipinski definition) is 0. The molecule has 2 fully saturated rings. The molecule has 1 saturated heterocycles. The Morgan fingerprint density at radius 3 is 2.73 bits per heavy atom. The fourth-order valence-corrected chi connectivity index (χ4v) is 3.17. The van der Waals surface area contributed by atoms with Gasteiger partial charge in [-0.3, -0.25) is 9.69 Å². The monoisotopic (exact) mass is 305 g/mol. The lowest BCUT2D eigenvalue weighted by atomic mass is 9.84. The summed E-state index contributed by atoms with van der Waals surface area (Å²) in [4.78, 5) is 16.8. The summed E-state index contributed by atoms with van der Waals surface area (Å²) in [5.74, 6) is 2.03. The van der Waals surface area contributed by atoms with Crippen molar-refractivity contribution in [3.63, 3.8) is 0 Å². The maximum atomic E-state index is 12.4. The minimum absolute atomic E-state index is 0.315. The molecule has 5 heteroatoms. The fourth-order valence-electron chi connectivity index (χ4n) is 3.17. The summed E-state index contributed by atoms with van der Waals surface area (Å²) < 4.78 is 5.37. The minimum atomic E-state index is 0.315. The fraction of sp³-hybridized carbons (Fsp3) is 0.765. The topological polar surface area (TPSA) is 49.6 Å². The average molecular weight is 305 g/mol. The van der Waals surface area contributed by atoms with E-state index in [-0.39, 0.29) is 0 Å². The number of carbonyl (C=O) groups excluding carboxylic acids is 1. The highest BCUT2D eigenvalue weighted by Gasteiger charge is 2.30. The van der Waals surface area contributed by atoms with Crippen LogP contribution in [0.4, 0.5) is 0 Å². The van der Waals surface area contributed by atoms with E-state index in [0.29, 0.717) is 17.7 Å². The van der Waals surface area contributed by atoms with E-state index in [4.69, 9.17) is 4.52 Å². The summed E-state index contributed by atoms with van der Waals surface area (Å²) >= 11 is 0. The Balaban J connectivity index is 1.52. The van der Waals surface area contributed by atoms with Crippen LogP contribution >= 0.6 is 0 Å². The third-order valence-corrected chi connectivity index (χ3v) is 4.89. The van der Waals surface area contributed by atoms with Gasteiger partial charge in [-0.25, -0.2) is 0 Å². The first kappa shape index (κ1) is 15.5. The van der Waals surface area contributed by atoms with Gasteiger partial charge in [0.25, 0.3) is 0 Å². The molecule has 22 heavy (non-hydrogen) atoms. The van der Waals surface area contributed by atoms with E-state index in [1.165, 1.54) is 6.42 Å². The SMILES string of the molecule is CC(C)c1cc(CN2CCCN(C(=O)C3CCC3)CC2)no1. The van der Waals surface area contributed by atoms with Gasteiger partial charge in [-0.15, -0.1) is 0 Å². The predicted molar refractivity (Wildman–Crippen MR) is 84.4 cm³/mol. The molecule has 3 rings (SSSR count). The average Bonchev–Trinajstić information content (AvgIpc) is 2.76. The lowest BCUT2D eigenvalue weighted by molar-refractivity contribution is -0.138. The Labute approximate surface area is 132 Å². The van der Waals surface area contributed by atoms with Crippen LogP contribution in [0, 0.1) is 5.92 Å². The second kappa shape index (κ2) is 6.82. The molecule has 5 nitrogen and oxygen atoms in total. The molecule has 122 valence electrons. The van der Waals surface area contributed by atoms with Crippen molar-refractivity contribution < 1.29 is 9.32 Å². The largest absolute Gasteiger partial charge is 0.361 e. The van der Waals surface area contributed by atoms with E-state index < -0.39 is 0 Å². The zero-order valence-corrected chi connectivity index (χ0v) is 13.8. The van der Waals surface area contributed by atoms with Crippen LogP contribution in [0.3, 0.4) is 0 Å². The van der Waals surface area contributed by atoms with Crippen molar-refractivity contribution in [3.8, 4) is 0 Å². The van der Waals surface area contributed by atoms with Crippen LogP contribution in [0.25, 0.3) is 0 Å². The lowest BCUT2D eigenvalue weighted by Crippen LogP contribution is -2.41. The molecule has 2 aliphatic rings. The van der Waals surface area contributed by atoms with Crippen LogP contribution in [-0.2, 0) is 11.3 Å². The van der Waals surface area contributed by atoms with E-state index in [0.717, 1.165) is 63.4 Å². The van der Waals surface area contributed by atoms with Crippen molar-refractivity contribution in [2.45, 2.75) is 52.0 Å². The third kappa shape index (κ3) is 3.51. The van der Waals surface area contributed by atoms with Gasteiger partial charge >= 0.3 is 0 Å². The Morgan fingerprint density at radius 1 is 1.27 bits per heavy atom. The maximum Gasteiger partial charge on any atom is 0.225 e. The number of amides is 1. The molecule has 1 saturated carbocycles. The van der Waals surface area contributed by atoms with Crippen molar-refractivity contribution in [2.75, 3.05) is 26.2 Å². The lowest BCUT2D eigenvalue weighted by Gasteiger charge is -2.31. The molecule has 2 heterocycles. The van der Waals surface area contributed by atoms with Crippen molar-refractivity contribution in [1.29, 1.82) is 0 Å². The van der Waals surface area contributed by atoms with Gasteiger partial charge in [0, 0.05) is 50.6 Å². The van der Waals surface area contributed by atoms with E-state index in [1.807, 2.05) is 0 Å². The number of hydrogen-bond acceptors (Lipinski definition) is 4. The molecule has 0 N–H and O–H groups in total. The molecule has 0 spiro atoms. The summed E-state index contributed by atoms with van der Waals surface area (Å²) in [6, 6.07) is 2.06. The van der Waals surface area contributed by atoms with Crippen molar-refractivity contribution in [1.82, 2.24) is 15.0 Å². The zero-order chi connectivity index (χ0) is 15.5. The van der Waals surface area contributed by atoms with Crippen molar-refractivity contribution in [3.05, 3.63) is 17.5 Å². The highest BCUT2D eigenvalue weighted by molar-refractivity contribution is 5.79. The van der Waals surface area contributed by atoms with Gasteiger partial charge in [-0.05, 0) is 19.3 Å². The summed E-state index contributed by atoms with van der Waals surface area (Å²) in [5.41, 5.74) is 1.00. The van der Waals surface area contributed by atoms with E-state index in [2.05, 4.69) is 34.9 Å². The van der Waals surface area contributed by atoms with Crippen LogP contribution in [0.15, 0.2) is 10.6 Å². The number of rotatable bonds is 4. The Bertz CT molecular complexity index is 508. The van der Waals surface area contributed by atoms with E-state index in [9.17, 15) is 4.79 Å². The Morgan fingerprint density at radius 2 is 2.09 bits per heavy atom. The highest BCUT2D eigenvalue weighted by atomic mass is 16.5. The van der Waals surface area contributed by atoms with Crippen LogP contribution in [0.2, 0.25) is 0 Å². The van der Waals surface area contributed by atoms with Crippen LogP contribution in [-0.4, -0.2) is 47.0 Å². The van der Waals surface area contributed by atoms with Gasteiger partial charge in [0.1, 0.15) is 5.76 Å². The second-order valence-electron chi connectivity index (χ2n) is 6.96. The standard InChI is InChI=1S/C17H27N3O2/c1-13(2)16-11-15(18-22-16)12-19-7-4-8-20(10-9-19)17(21)14-5-3-6-14/h11,13-14H,3-10,12H2,1-2H3. The molecule has 1 aromatic rings. The first-order chi connectivity index (χ1) is 10.6. The number of aromatic nitrogens is 1. The summed E-state index contributed by atoms with van der Waals surface area (Å²) in [6.45, 7) is 8.76. The molecular formula is C17H27N3O2. The smallest absolute Gasteiger partial charge is 0.225 e. The Kier molecular flexibility index (Phi) is 4.81. The van der Waals surface area contributed by atoms with Gasteiger partial charge in [-0.1, -0.05) is 25.4 Å². The molecule has 0 unspecified atom stereocenters.